The SMILES string of the molecule is CC(O)C(=O)OC(=O)C1(O)C[C@H](O)[C@@H](N)[C@H]([C@H](O)[C@H](O)CO)O1. The molecule has 8 N–H and O–H groups in total. The summed E-state index contributed by atoms with van der Waals surface area (Å²) in [4.78, 5) is 23.0. The summed E-state index contributed by atoms with van der Waals surface area (Å²) >= 11 is 0. The topological polar surface area (TPSA) is 200 Å². The minimum atomic E-state index is -2.83. The summed E-state index contributed by atoms with van der Waals surface area (Å²) in [5.41, 5.74) is 5.59. The molecule has 0 saturated carbocycles. The maximum atomic E-state index is 11.8. The molecule has 0 aromatic rings. The van der Waals surface area contributed by atoms with Gasteiger partial charge in [-0.15, -0.1) is 0 Å². The van der Waals surface area contributed by atoms with E-state index in [1.165, 1.54) is 0 Å². The van der Waals surface area contributed by atoms with E-state index < -0.39 is 67.3 Å². The lowest BCUT2D eigenvalue weighted by Crippen LogP contribution is -2.66. The lowest BCUT2D eigenvalue weighted by Gasteiger charge is -2.43. The Balaban J connectivity index is 2.94. The van der Waals surface area contributed by atoms with Crippen LogP contribution in [0.5, 0.6) is 0 Å². The summed E-state index contributed by atoms with van der Waals surface area (Å²) < 4.78 is 9.13. The Bertz CT molecular complexity index is 444. The molecule has 1 heterocycles. The van der Waals surface area contributed by atoms with Gasteiger partial charge in [-0.3, -0.25) is 0 Å². The van der Waals surface area contributed by atoms with E-state index in [0.29, 0.717) is 0 Å². The van der Waals surface area contributed by atoms with E-state index in [1.807, 2.05) is 0 Å². The van der Waals surface area contributed by atoms with Gasteiger partial charge in [0.1, 0.15) is 24.4 Å². The van der Waals surface area contributed by atoms with Gasteiger partial charge in [-0.05, 0) is 6.92 Å². The van der Waals surface area contributed by atoms with Crippen LogP contribution in [0.25, 0.3) is 0 Å². The summed E-state index contributed by atoms with van der Waals surface area (Å²) in [5.74, 6) is -5.81. The monoisotopic (exact) mass is 339 g/mol. The van der Waals surface area contributed by atoms with Crippen molar-refractivity contribution in [3.05, 3.63) is 0 Å². The molecule has 7 atom stereocenters. The Hall–Kier alpha value is -1.18. The summed E-state index contributed by atoms with van der Waals surface area (Å²) in [5, 5.41) is 57.0. The molecule has 11 nitrogen and oxygen atoms in total. The Labute approximate surface area is 130 Å². The zero-order valence-corrected chi connectivity index (χ0v) is 12.3. The number of carbonyl (C=O) groups is 2. The smallest absolute Gasteiger partial charge is 0.374 e. The standard InChI is InChI=1S/C12H21NO10/c1-4(15)10(19)22-11(20)12(21)2-5(16)7(13)9(23-12)8(18)6(17)3-14/h4-9,14-18,21H,2-3,13H2,1H3/t4?,5-,6+,7+,8+,9+,12?/m0/s1. The summed E-state index contributed by atoms with van der Waals surface area (Å²) in [6.45, 7) is 0.156. The van der Waals surface area contributed by atoms with Gasteiger partial charge < -0.3 is 45.8 Å². The van der Waals surface area contributed by atoms with Crippen LogP contribution in [0.3, 0.4) is 0 Å². The van der Waals surface area contributed by atoms with Gasteiger partial charge in [-0.25, -0.2) is 9.59 Å². The van der Waals surface area contributed by atoms with Gasteiger partial charge in [-0.1, -0.05) is 0 Å². The normalized spacial score (nSPS) is 35.2. The van der Waals surface area contributed by atoms with Crippen molar-refractivity contribution in [1.29, 1.82) is 0 Å². The van der Waals surface area contributed by atoms with Crippen molar-refractivity contribution in [2.24, 2.45) is 5.73 Å². The van der Waals surface area contributed by atoms with Crippen LogP contribution < -0.4 is 5.73 Å². The zero-order chi connectivity index (χ0) is 17.9. The Morgan fingerprint density at radius 3 is 2.43 bits per heavy atom. The fourth-order valence-electron chi connectivity index (χ4n) is 2.00. The number of nitrogens with two attached hydrogens (primary N) is 1. The van der Waals surface area contributed by atoms with E-state index in [0.717, 1.165) is 6.92 Å². The van der Waals surface area contributed by atoms with Crippen molar-refractivity contribution in [2.45, 2.75) is 55.7 Å². The maximum Gasteiger partial charge on any atom is 0.374 e. The van der Waals surface area contributed by atoms with Crippen LogP contribution in [-0.4, -0.2) is 91.5 Å². The predicted molar refractivity (Wildman–Crippen MR) is 70.3 cm³/mol. The largest absolute Gasteiger partial charge is 0.394 e. The van der Waals surface area contributed by atoms with Gasteiger partial charge in [0, 0.05) is 6.42 Å². The molecule has 11 heteroatoms. The molecule has 1 saturated heterocycles. The van der Waals surface area contributed by atoms with Crippen LogP contribution in [0.2, 0.25) is 0 Å². The number of hydrogen-bond donors (Lipinski definition) is 7. The molecule has 1 aliphatic rings. The minimum absolute atomic E-state index is 0.765. The fourth-order valence-corrected chi connectivity index (χ4v) is 2.00. The van der Waals surface area contributed by atoms with E-state index in [-0.39, 0.29) is 0 Å². The molecule has 0 radical (unpaired) electrons. The first-order chi connectivity index (χ1) is 10.5. The fraction of sp³-hybridized carbons (Fsp3) is 0.833. The average molecular weight is 339 g/mol. The second-order valence-electron chi connectivity index (χ2n) is 5.34. The molecule has 0 bridgehead atoms. The second kappa shape index (κ2) is 7.59. The molecule has 0 aliphatic carbocycles. The van der Waals surface area contributed by atoms with Crippen LogP contribution in [0.1, 0.15) is 13.3 Å². The van der Waals surface area contributed by atoms with E-state index in [2.05, 4.69) is 4.74 Å². The average Bonchev–Trinajstić information content (AvgIpc) is 2.49. The predicted octanol–water partition coefficient (Wildman–Crippen LogP) is -4.68. The first-order valence-electron chi connectivity index (χ1n) is 6.78. The number of hydrogen-bond acceptors (Lipinski definition) is 11. The van der Waals surface area contributed by atoms with Crippen LogP contribution >= 0.6 is 0 Å². The van der Waals surface area contributed by atoms with Crippen molar-refractivity contribution in [2.75, 3.05) is 6.61 Å². The number of carbonyl (C=O) groups excluding carboxylic acids is 2. The molecule has 0 spiro atoms. The third kappa shape index (κ3) is 4.43. The number of ether oxygens (including phenoxy) is 2. The van der Waals surface area contributed by atoms with Crippen molar-refractivity contribution >= 4 is 11.9 Å². The molecule has 0 amide bonds. The van der Waals surface area contributed by atoms with Crippen molar-refractivity contribution in [3.8, 4) is 0 Å². The van der Waals surface area contributed by atoms with Crippen LogP contribution in [0, 0.1) is 0 Å². The van der Waals surface area contributed by atoms with Gasteiger partial charge in [0.25, 0.3) is 5.79 Å². The number of rotatable bonds is 5. The van der Waals surface area contributed by atoms with E-state index in [4.69, 9.17) is 20.7 Å². The highest BCUT2D eigenvalue weighted by Crippen LogP contribution is 2.30. The zero-order valence-electron chi connectivity index (χ0n) is 12.3. The Morgan fingerprint density at radius 1 is 1.39 bits per heavy atom. The molecule has 1 aliphatic heterocycles. The summed E-state index contributed by atoms with van der Waals surface area (Å²) in [6.07, 6.45) is -9.14. The third-order valence-corrected chi connectivity index (χ3v) is 3.41. The Morgan fingerprint density at radius 2 is 1.96 bits per heavy atom. The van der Waals surface area contributed by atoms with Crippen LogP contribution in [0.15, 0.2) is 0 Å². The lowest BCUT2D eigenvalue weighted by molar-refractivity contribution is -0.294. The molecule has 0 aromatic heterocycles. The van der Waals surface area contributed by atoms with Gasteiger partial charge in [-0.2, -0.15) is 0 Å². The van der Waals surface area contributed by atoms with E-state index in [1.54, 1.807) is 0 Å². The lowest BCUT2D eigenvalue weighted by atomic mass is 9.89. The highest BCUT2D eigenvalue weighted by molar-refractivity contribution is 5.91. The molecule has 134 valence electrons. The Kier molecular flexibility index (Phi) is 6.56. The number of aliphatic hydroxyl groups excluding tert-OH is 5. The van der Waals surface area contributed by atoms with Crippen molar-refractivity contribution < 1.29 is 49.7 Å². The molecular formula is C12H21NO10. The highest BCUT2D eigenvalue weighted by atomic mass is 16.7. The van der Waals surface area contributed by atoms with Crippen LogP contribution in [0.4, 0.5) is 0 Å². The molecule has 1 rings (SSSR count). The van der Waals surface area contributed by atoms with Gasteiger partial charge in [0.2, 0.25) is 0 Å². The minimum Gasteiger partial charge on any atom is -0.394 e. The molecule has 0 aromatic carbocycles. The highest BCUT2D eigenvalue weighted by Gasteiger charge is 2.53. The second-order valence-corrected chi connectivity index (χ2v) is 5.34. The number of esters is 2. The molecule has 1 fully saturated rings. The molecular weight excluding hydrogens is 318 g/mol. The van der Waals surface area contributed by atoms with Gasteiger partial charge in [0.15, 0.2) is 0 Å². The van der Waals surface area contributed by atoms with E-state index in [9.17, 15) is 30.0 Å². The van der Waals surface area contributed by atoms with Gasteiger partial charge >= 0.3 is 11.9 Å². The van der Waals surface area contributed by atoms with Gasteiger partial charge in [0.05, 0.1) is 18.8 Å². The van der Waals surface area contributed by atoms with Crippen molar-refractivity contribution in [3.63, 3.8) is 0 Å². The summed E-state index contributed by atoms with van der Waals surface area (Å²) in [7, 11) is 0. The molecule has 23 heavy (non-hydrogen) atoms. The first kappa shape index (κ1) is 19.9. The maximum absolute atomic E-state index is 11.8. The van der Waals surface area contributed by atoms with Crippen LogP contribution in [-0.2, 0) is 19.1 Å². The summed E-state index contributed by atoms with van der Waals surface area (Å²) in [6, 6.07) is -1.30. The number of aliphatic hydroxyl groups is 6. The van der Waals surface area contributed by atoms with Crippen molar-refractivity contribution in [1.82, 2.24) is 0 Å². The quantitative estimate of drug-likeness (QED) is 0.187. The van der Waals surface area contributed by atoms with E-state index >= 15 is 0 Å². The first-order valence-corrected chi connectivity index (χ1v) is 6.78. The third-order valence-electron chi connectivity index (χ3n) is 3.41. The molecule has 2 unspecified atom stereocenters.